The van der Waals surface area contributed by atoms with Gasteiger partial charge in [-0.05, 0) is 35.6 Å². The van der Waals surface area contributed by atoms with Crippen LogP contribution in [0.2, 0.25) is 0 Å². The van der Waals surface area contributed by atoms with Gasteiger partial charge in [-0.3, -0.25) is 4.98 Å². The van der Waals surface area contributed by atoms with E-state index in [0.29, 0.717) is 12.7 Å². The molecule has 1 heterocycles. The van der Waals surface area contributed by atoms with Gasteiger partial charge in [0, 0.05) is 18.8 Å². The Kier molecular flexibility index (Phi) is 3.37. The fourth-order valence-electron chi connectivity index (χ4n) is 2.48. The minimum atomic E-state index is 0.335. The van der Waals surface area contributed by atoms with Crippen LogP contribution < -0.4 is 0 Å². The molecule has 1 aliphatic carbocycles. The smallest absolute Gasteiger partial charge is 0.0720 e. The summed E-state index contributed by atoms with van der Waals surface area (Å²) in [5, 5.41) is 0. The molecule has 0 saturated heterocycles. The van der Waals surface area contributed by atoms with Crippen molar-refractivity contribution in [3.63, 3.8) is 0 Å². The normalized spacial score (nSPS) is 18.3. The van der Waals surface area contributed by atoms with Crippen LogP contribution in [0.5, 0.6) is 0 Å². The molecule has 1 aromatic carbocycles. The van der Waals surface area contributed by atoms with E-state index >= 15 is 0 Å². The van der Waals surface area contributed by atoms with E-state index in [2.05, 4.69) is 35.3 Å². The highest BCUT2D eigenvalue weighted by molar-refractivity contribution is 5.26. The van der Waals surface area contributed by atoms with Crippen molar-refractivity contribution in [2.45, 2.75) is 32.0 Å². The van der Waals surface area contributed by atoms with Gasteiger partial charge in [0.25, 0.3) is 0 Å². The van der Waals surface area contributed by atoms with Crippen LogP contribution >= 0.6 is 0 Å². The van der Waals surface area contributed by atoms with Crippen molar-refractivity contribution in [1.82, 2.24) is 4.98 Å². The Hall–Kier alpha value is -1.67. The summed E-state index contributed by atoms with van der Waals surface area (Å²) in [6.45, 7) is 0.709. The van der Waals surface area contributed by atoms with E-state index < -0.39 is 0 Å². The molecule has 0 N–H and O–H groups in total. The fraction of sp³-hybridized carbons (Fsp3) is 0.312. The van der Waals surface area contributed by atoms with Crippen LogP contribution in [-0.2, 0) is 24.2 Å². The average molecular weight is 239 g/mol. The molecule has 2 heteroatoms. The summed E-state index contributed by atoms with van der Waals surface area (Å²) in [4.78, 5) is 4.20. The van der Waals surface area contributed by atoms with Gasteiger partial charge < -0.3 is 4.74 Å². The van der Waals surface area contributed by atoms with Crippen molar-refractivity contribution in [3.05, 3.63) is 65.5 Å². The standard InChI is InChI=1S/C16H17NO/c1-2-4-13(5-3-1)12-18-16-7-6-14-8-9-17-11-15(14)10-16/h1-5,8-9,11,16H,6-7,10,12H2. The molecule has 0 amide bonds. The minimum absolute atomic E-state index is 0.335. The van der Waals surface area contributed by atoms with Crippen molar-refractivity contribution in [2.24, 2.45) is 0 Å². The molecule has 0 aliphatic heterocycles. The van der Waals surface area contributed by atoms with Gasteiger partial charge in [-0.25, -0.2) is 0 Å². The molecule has 1 aromatic heterocycles. The number of aromatic nitrogens is 1. The van der Waals surface area contributed by atoms with Crippen LogP contribution in [-0.4, -0.2) is 11.1 Å². The van der Waals surface area contributed by atoms with Crippen LogP contribution in [0.1, 0.15) is 23.1 Å². The summed E-state index contributed by atoms with van der Waals surface area (Å²) < 4.78 is 6.00. The second-order valence-electron chi connectivity index (χ2n) is 4.81. The maximum atomic E-state index is 6.00. The summed E-state index contributed by atoms with van der Waals surface area (Å²) in [5.41, 5.74) is 4.03. The van der Waals surface area contributed by atoms with Gasteiger partial charge in [0.2, 0.25) is 0 Å². The highest BCUT2D eigenvalue weighted by Gasteiger charge is 2.18. The largest absolute Gasteiger partial charge is 0.373 e. The highest BCUT2D eigenvalue weighted by atomic mass is 16.5. The van der Waals surface area contributed by atoms with Gasteiger partial charge in [0.15, 0.2) is 0 Å². The average Bonchev–Trinajstić information content (AvgIpc) is 2.46. The number of pyridine rings is 1. The van der Waals surface area contributed by atoms with Gasteiger partial charge in [0.1, 0.15) is 0 Å². The molecule has 1 aliphatic rings. The van der Waals surface area contributed by atoms with Gasteiger partial charge in [-0.15, -0.1) is 0 Å². The zero-order chi connectivity index (χ0) is 12.2. The first kappa shape index (κ1) is 11.4. The molecule has 3 rings (SSSR count). The first-order valence-corrected chi connectivity index (χ1v) is 6.49. The number of hydrogen-bond acceptors (Lipinski definition) is 2. The summed E-state index contributed by atoms with van der Waals surface area (Å²) in [6.07, 6.45) is 7.41. The van der Waals surface area contributed by atoms with Crippen LogP contribution in [0.15, 0.2) is 48.8 Å². The molecule has 0 spiro atoms. The lowest BCUT2D eigenvalue weighted by atomic mass is 9.91. The zero-order valence-electron chi connectivity index (χ0n) is 10.4. The second kappa shape index (κ2) is 5.32. The first-order valence-electron chi connectivity index (χ1n) is 6.49. The third-order valence-corrected chi connectivity index (χ3v) is 3.52. The molecule has 18 heavy (non-hydrogen) atoms. The molecule has 1 unspecified atom stereocenters. The van der Waals surface area contributed by atoms with Crippen molar-refractivity contribution in [1.29, 1.82) is 0 Å². The third kappa shape index (κ3) is 2.59. The Morgan fingerprint density at radius 1 is 1.11 bits per heavy atom. The summed E-state index contributed by atoms with van der Waals surface area (Å²) in [5.74, 6) is 0. The van der Waals surface area contributed by atoms with Gasteiger partial charge in [-0.1, -0.05) is 30.3 Å². The molecule has 0 radical (unpaired) electrons. The lowest BCUT2D eigenvalue weighted by molar-refractivity contribution is 0.0318. The molecule has 2 nitrogen and oxygen atoms in total. The Balaban J connectivity index is 1.60. The van der Waals surface area contributed by atoms with Crippen LogP contribution in [0.4, 0.5) is 0 Å². The summed E-state index contributed by atoms with van der Waals surface area (Å²) in [6, 6.07) is 12.5. The lowest BCUT2D eigenvalue weighted by Crippen LogP contribution is -2.22. The fourth-order valence-corrected chi connectivity index (χ4v) is 2.48. The van der Waals surface area contributed by atoms with Gasteiger partial charge in [-0.2, -0.15) is 0 Å². The number of benzene rings is 1. The first-order chi connectivity index (χ1) is 8.92. The second-order valence-corrected chi connectivity index (χ2v) is 4.81. The van der Waals surface area contributed by atoms with Gasteiger partial charge >= 0.3 is 0 Å². The van der Waals surface area contributed by atoms with Gasteiger partial charge in [0.05, 0.1) is 12.7 Å². The van der Waals surface area contributed by atoms with Crippen molar-refractivity contribution in [2.75, 3.05) is 0 Å². The van der Waals surface area contributed by atoms with E-state index in [-0.39, 0.29) is 0 Å². The highest BCUT2D eigenvalue weighted by Crippen LogP contribution is 2.22. The van der Waals surface area contributed by atoms with E-state index in [1.165, 1.54) is 16.7 Å². The third-order valence-electron chi connectivity index (χ3n) is 3.52. The van der Waals surface area contributed by atoms with E-state index in [1.54, 1.807) is 0 Å². The minimum Gasteiger partial charge on any atom is -0.373 e. The number of hydrogen-bond donors (Lipinski definition) is 0. The molecule has 0 saturated carbocycles. The van der Waals surface area contributed by atoms with E-state index in [4.69, 9.17) is 4.74 Å². The molecule has 0 bridgehead atoms. The molecule has 1 atom stereocenters. The quantitative estimate of drug-likeness (QED) is 0.820. The molecule has 92 valence electrons. The monoisotopic (exact) mass is 239 g/mol. The summed E-state index contributed by atoms with van der Waals surface area (Å²) in [7, 11) is 0. The maximum absolute atomic E-state index is 6.00. The Bertz CT molecular complexity index is 510. The van der Waals surface area contributed by atoms with Crippen LogP contribution in [0.3, 0.4) is 0 Å². The van der Waals surface area contributed by atoms with E-state index in [1.807, 2.05) is 18.5 Å². The number of nitrogens with zero attached hydrogens (tertiary/aromatic N) is 1. The maximum Gasteiger partial charge on any atom is 0.0720 e. The molecule has 0 fully saturated rings. The Labute approximate surface area is 108 Å². The molecule has 2 aromatic rings. The molecular formula is C16H17NO. The van der Waals surface area contributed by atoms with Crippen molar-refractivity contribution < 1.29 is 4.74 Å². The Morgan fingerprint density at radius 3 is 2.89 bits per heavy atom. The van der Waals surface area contributed by atoms with E-state index in [9.17, 15) is 0 Å². The number of fused-ring (bicyclic) bond motifs is 1. The molecular weight excluding hydrogens is 222 g/mol. The SMILES string of the molecule is c1ccc(COC2CCc3ccncc3C2)cc1. The predicted octanol–water partition coefficient (Wildman–Crippen LogP) is 3.16. The van der Waals surface area contributed by atoms with Crippen LogP contribution in [0.25, 0.3) is 0 Å². The number of ether oxygens (including phenoxy) is 1. The number of rotatable bonds is 3. The number of aryl methyl sites for hydroxylation is 1. The van der Waals surface area contributed by atoms with Crippen LogP contribution in [0, 0.1) is 0 Å². The lowest BCUT2D eigenvalue weighted by Gasteiger charge is -2.24. The van der Waals surface area contributed by atoms with E-state index in [0.717, 1.165) is 19.3 Å². The summed E-state index contributed by atoms with van der Waals surface area (Å²) >= 11 is 0. The van der Waals surface area contributed by atoms with Crippen molar-refractivity contribution >= 4 is 0 Å². The zero-order valence-corrected chi connectivity index (χ0v) is 10.4. The predicted molar refractivity (Wildman–Crippen MR) is 71.3 cm³/mol. The topological polar surface area (TPSA) is 22.1 Å². The van der Waals surface area contributed by atoms with Crippen molar-refractivity contribution in [3.8, 4) is 0 Å². The Morgan fingerprint density at radius 2 is 2.00 bits per heavy atom.